The van der Waals surface area contributed by atoms with Gasteiger partial charge in [0.1, 0.15) is 5.56 Å². The summed E-state index contributed by atoms with van der Waals surface area (Å²) >= 11 is 0. The third kappa shape index (κ3) is 3.72. The van der Waals surface area contributed by atoms with E-state index in [0.29, 0.717) is 18.7 Å². The molecule has 1 unspecified atom stereocenters. The molecule has 4 rings (SSSR count). The van der Waals surface area contributed by atoms with Gasteiger partial charge in [-0.3, -0.25) is 9.59 Å². The molecular weight excluding hydrogens is 368 g/mol. The number of fused-ring (bicyclic) bond motifs is 1. The normalized spacial score (nSPS) is 21.2. The fourth-order valence-electron chi connectivity index (χ4n) is 3.27. The van der Waals surface area contributed by atoms with E-state index in [1.54, 1.807) is 0 Å². The maximum absolute atomic E-state index is 12.4. The molecule has 2 N–H and O–H groups in total. The number of carbonyl (C=O) groups is 1. The standard InChI is InChI=1S/C19H18N2O5S/c22-18(20-15-5-8-27(24,25)11-15)16-9-14-2-1-13(10-17(14)21-19(16)23)12-3-6-26-7-4-12/h1-3,5,8-10,15H,4,6-7,11H2,(H,20,22)(H,21,23). The monoisotopic (exact) mass is 386 g/mol. The van der Waals surface area contributed by atoms with Crippen LogP contribution in [-0.4, -0.2) is 44.3 Å². The SMILES string of the molecule is O=C(NC1C=CS(=O)(=O)C1)c1cc2ccc(C3=CCOCC3)cc2[nH]c1=O. The van der Waals surface area contributed by atoms with Crippen molar-refractivity contribution >= 4 is 32.2 Å². The van der Waals surface area contributed by atoms with E-state index in [1.807, 2.05) is 24.3 Å². The van der Waals surface area contributed by atoms with Crippen molar-refractivity contribution in [1.82, 2.24) is 10.3 Å². The van der Waals surface area contributed by atoms with Gasteiger partial charge in [-0.05, 0) is 41.2 Å². The highest BCUT2D eigenvalue weighted by molar-refractivity contribution is 7.94. The van der Waals surface area contributed by atoms with Gasteiger partial charge in [-0.2, -0.15) is 0 Å². The summed E-state index contributed by atoms with van der Waals surface area (Å²) in [6.07, 6.45) is 4.25. The topological polar surface area (TPSA) is 105 Å². The lowest BCUT2D eigenvalue weighted by atomic mass is 9.99. The molecule has 2 aliphatic heterocycles. The number of aromatic amines is 1. The lowest BCUT2D eigenvalue weighted by molar-refractivity contribution is 0.0946. The molecule has 8 heteroatoms. The number of sulfone groups is 1. The molecule has 1 amide bonds. The number of aromatic nitrogens is 1. The minimum atomic E-state index is -3.28. The second-order valence-corrected chi connectivity index (χ2v) is 8.54. The van der Waals surface area contributed by atoms with Crippen LogP contribution in [0.5, 0.6) is 0 Å². The van der Waals surface area contributed by atoms with Crippen LogP contribution in [0.2, 0.25) is 0 Å². The molecule has 0 fully saturated rings. The first-order chi connectivity index (χ1) is 12.9. The van der Waals surface area contributed by atoms with Crippen LogP contribution in [0.15, 0.2) is 46.6 Å². The van der Waals surface area contributed by atoms with Gasteiger partial charge in [0.15, 0.2) is 9.84 Å². The Balaban J connectivity index is 1.62. The number of pyridine rings is 1. The maximum atomic E-state index is 12.4. The van der Waals surface area contributed by atoms with Gasteiger partial charge >= 0.3 is 0 Å². The van der Waals surface area contributed by atoms with E-state index < -0.39 is 27.3 Å². The quantitative estimate of drug-likeness (QED) is 0.829. The Morgan fingerprint density at radius 1 is 1.26 bits per heavy atom. The maximum Gasteiger partial charge on any atom is 0.261 e. The second-order valence-electron chi connectivity index (χ2n) is 6.61. The highest BCUT2D eigenvalue weighted by Gasteiger charge is 2.24. The van der Waals surface area contributed by atoms with Crippen molar-refractivity contribution in [1.29, 1.82) is 0 Å². The number of ether oxygens (including phenoxy) is 1. The zero-order valence-corrected chi connectivity index (χ0v) is 15.2. The van der Waals surface area contributed by atoms with Gasteiger partial charge in [-0.1, -0.05) is 18.2 Å². The largest absolute Gasteiger partial charge is 0.377 e. The second kappa shape index (κ2) is 6.79. The Hall–Kier alpha value is -2.71. The van der Waals surface area contributed by atoms with Crippen molar-refractivity contribution in [2.75, 3.05) is 19.0 Å². The number of carbonyl (C=O) groups excluding carboxylic acids is 1. The van der Waals surface area contributed by atoms with Gasteiger partial charge in [0.05, 0.1) is 25.0 Å². The van der Waals surface area contributed by atoms with Crippen molar-refractivity contribution in [2.24, 2.45) is 0 Å². The van der Waals surface area contributed by atoms with E-state index in [9.17, 15) is 18.0 Å². The Labute approximate surface area is 155 Å². The first-order valence-corrected chi connectivity index (χ1v) is 10.3. The average Bonchev–Trinajstić information content (AvgIpc) is 2.99. The number of hydrogen-bond acceptors (Lipinski definition) is 5. The Bertz CT molecular complexity index is 1140. The molecule has 7 nitrogen and oxygen atoms in total. The van der Waals surface area contributed by atoms with E-state index in [1.165, 1.54) is 17.7 Å². The molecule has 3 heterocycles. The minimum absolute atomic E-state index is 0.0433. The number of rotatable bonds is 3. The van der Waals surface area contributed by atoms with Crippen molar-refractivity contribution in [3.8, 4) is 0 Å². The molecule has 1 aromatic carbocycles. The summed E-state index contributed by atoms with van der Waals surface area (Å²) in [5, 5.41) is 4.38. The van der Waals surface area contributed by atoms with Crippen molar-refractivity contribution in [3.05, 3.63) is 63.3 Å². The van der Waals surface area contributed by atoms with E-state index >= 15 is 0 Å². The predicted molar refractivity (Wildman–Crippen MR) is 102 cm³/mol. The van der Waals surface area contributed by atoms with Crippen LogP contribution < -0.4 is 10.9 Å². The molecule has 2 aromatic rings. The molecule has 140 valence electrons. The summed E-state index contributed by atoms with van der Waals surface area (Å²) in [6, 6.07) is 6.60. The van der Waals surface area contributed by atoms with Crippen LogP contribution in [0.1, 0.15) is 22.3 Å². The number of hydrogen-bond donors (Lipinski definition) is 2. The Morgan fingerprint density at radius 2 is 2.11 bits per heavy atom. The number of amides is 1. The molecule has 27 heavy (non-hydrogen) atoms. The van der Waals surface area contributed by atoms with Gasteiger partial charge in [-0.15, -0.1) is 0 Å². The molecular formula is C19H18N2O5S. The number of benzene rings is 1. The zero-order valence-electron chi connectivity index (χ0n) is 14.4. The van der Waals surface area contributed by atoms with Gasteiger partial charge in [0.25, 0.3) is 11.5 Å². The lowest BCUT2D eigenvalue weighted by Crippen LogP contribution is -2.38. The molecule has 0 radical (unpaired) electrons. The summed E-state index contributed by atoms with van der Waals surface area (Å²) in [4.78, 5) is 27.5. The number of H-pyrrole nitrogens is 1. The van der Waals surface area contributed by atoms with Crippen molar-refractivity contribution in [2.45, 2.75) is 12.5 Å². The van der Waals surface area contributed by atoms with Gasteiger partial charge < -0.3 is 15.0 Å². The summed E-state index contributed by atoms with van der Waals surface area (Å²) in [5.41, 5.74) is 2.27. The first-order valence-electron chi connectivity index (χ1n) is 8.57. The highest BCUT2D eigenvalue weighted by Crippen LogP contribution is 2.24. The molecule has 0 saturated heterocycles. The first kappa shape index (κ1) is 17.7. The smallest absolute Gasteiger partial charge is 0.261 e. The molecule has 0 bridgehead atoms. The van der Waals surface area contributed by atoms with E-state index in [2.05, 4.69) is 10.3 Å². The highest BCUT2D eigenvalue weighted by atomic mass is 32.2. The van der Waals surface area contributed by atoms with Crippen LogP contribution >= 0.6 is 0 Å². The molecule has 0 saturated carbocycles. The molecule has 0 spiro atoms. The molecule has 0 aliphatic carbocycles. The summed E-state index contributed by atoms with van der Waals surface area (Å²) < 4.78 is 28.2. The van der Waals surface area contributed by atoms with Crippen LogP contribution in [0.25, 0.3) is 16.5 Å². The number of nitrogens with one attached hydrogen (secondary N) is 2. The molecule has 1 atom stereocenters. The van der Waals surface area contributed by atoms with Gasteiger partial charge in [0, 0.05) is 10.9 Å². The van der Waals surface area contributed by atoms with Crippen LogP contribution in [0.4, 0.5) is 0 Å². The summed E-state index contributed by atoms with van der Waals surface area (Å²) in [6.45, 7) is 1.25. The zero-order chi connectivity index (χ0) is 19.0. The van der Waals surface area contributed by atoms with Crippen molar-refractivity contribution < 1.29 is 17.9 Å². The Kier molecular flexibility index (Phi) is 4.45. The third-order valence-electron chi connectivity index (χ3n) is 4.67. The van der Waals surface area contributed by atoms with Crippen LogP contribution in [0, 0.1) is 0 Å². The summed E-state index contributed by atoms with van der Waals surface area (Å²) in [7, 11) is -3.28. The van der Waals surface area contributed by atoms with Crippen LogP contribution in [-0.2, 0) is 14.6 Å². The fraction of sp³-hybridized carbons (Fsp3) is 0.263. The minimum Gasteiger partial charge on any atom is -0.377 e. The predicted octanol–water partition coefficient (Wildman–Crippen LogP) is 1.37. The van der Waals surface area contributed by atoms with Gasteiger partial charge in [0.2, 0.25) is 0 Å². The van der Waals surface area contributed by atoms with Gasteiger partial charge in [-0.25, -0.2) is 8.42 Å². The van der Waals surface area contributed by atoms with E-state index in [-0.39, 0.29) is 11.3 Å². The van der Waals surface area contributed by atoms with Crippen molar-refractivity contribution in [3.63, 3.8) is 0 Å². The fourth-order valence-corrected chi connectivity index (χ4v) is 4.51. The third-order valence-corrected chi connectivity index (χ3v) is 6.07. The Morgan fingerprint density at radius 3 is 2.81 bits per heavy atom. The van der Waals surface area contributed by atoms with E-state index in [4.69, 9.17) is 4.74 Å². The summed E-state index contributed by atoms with van der Waals surface area (Å²) in [5.74, 6) is -0.784. The van der Waals surface area contributed by atoms with Crippen LogP contribution in [0.3, 0.4) is 0 Å². The molecule has 1 aromatic heterocycles. The van der Waals surface area contributed by atoms with E-state index in [0.717, 1.165) is 22.8 Å². The lowest BCUT2D eigenvalue weighted by Gasteiger charge is -2.14. The molecule has 2 aliphatic rings. The average molecular weight is 386 g/mol.